The summed E-state index contributed by atoms with van der Waals surface area (Å²) in [4.78, 5) is 11.7. The summed E-state index contributed by atoms with van der Waals surface area (Å²) in [5.41, 5.74) is 0.382. The monoisotopic (exact) mass is 344 g/mol. The van der Waals surface area contributed by atoms with Gasteiger partial charge in [-0.2, -0.15) is 0 Å². The van der Waals surface area contributed by atoms with Crippen LogP contribution in [0.5, 0.6) is 5.75 Å². The molecule has 0 N–H and O–H groups in total. The molecule has 1 rings (SSSR count). The molecule has 0 radical (unpaired) electrons. The van der Waals surface area contributed by atoms with Crippen LogP contribution in [0.3, 0.4) is 0 Å². The number of benzene rings is 1. The largest absolute Gasteiger partial charge is 0.573 e. The third-order valence-corrected chi connectivity index (χ3v) is 2.90. The Morgan fingerprint density at radius 2 is 2.11 bits per heavy atom. The van der Waals surface area contributed by atoms with Gasteiger partial charge >= 0.3 is 6.36 Å². The summed E-state index contributed by atoms with van der Waals surface area (Å²) in [7, 11) is 0. The Labute approximate surface area is 115 Å². The van der Waals surface area contributed by atoms with Gasteiger partial charge in [-0.25, -0.2) is 0 Å². The fourth-order valence-corrected chi connectivity index (χ4v) is 1.74. The smallest absolute Gasteiger partial charge is 0.405 e. The lowest BCUT2D eigenvalue weighted by atomic mass is 10.1. The van der Waals surface area contributed by atoms with E-state index in [2.05, 4.69) is 20.7 Å². The molecule has 0 amide bonds. The summed E-state index contributed by atoms with van der Waals surface area (Å²) in [5.74, 6) is -1.14. The minimum absolute atomic E-state index is 0.181. The highest BCUT2D eigenvalue weighted by Crippen LogP contribution is 2.29. The predicted octanol–water partition coefficient (Wildman–Crippen LogP) is 4.29. The molecule has 0 bridgehead atoms. The van der Waals surface area contributed by atoms with Gasteiger partial charge in [0.15, 0.2) is 5.78 Å². The van der Waals surface area contributed by atoms with Crippen LogP contribution >= 0.6 is 27.5 Å². The third-order valence-electron chi connectivity index (χ3n) is 2.05. The Kier molecular flexibility index (Phi) is 5.04. The van der Waals surface area contributed by atoms with Crippen molar-refractivity contribution < 1.29 is 22.7 Å². The molecule has 2 nitrogen and oxygen atoms in total. The average Bonchev–Trinajstić information content (AvgIpc) is 2.25. The van der Waals surface area contributed by atoms with Crippen LogP contribution in [-0.2, 0) is 5.33 Å². The molecule has 0 fully saturated rings. The summed E-state index contributed by atoms with van der Waals surface area (Å²) in [5, 5.41) is -0.568. The molecule has 1 aromatic rings. The molecule has 0 heterocycles. The molecule has 18 heavy (non-hydrogen) atoms. The van der Waals surface area contributed by atoms with Crippen molar-refractivity contribution in [2.24, 2.45) is 0 Å². The molecular formula is C11H9BrClF3O2. The standard InChI is InChI=1S/C11H9BrClF3O2/c1-6(13)10(17)8-3-2-7(5-12)4-9(8)18-11(14,15)16/h2-4,6H,5H2,1H3. The first-order chi connectivity index (χ1) is 8.24. The molecule has 0 aliphatic carbocycles. The number of Topliss-reactive ketones (excluding diaryl/α,β-unsaturated/α-hetero) is 1. The lowest BCUT2D eigenvalue weighted by Gasteiger charge is -2.14. The Bertz CT molecular complexity index is 446. The molecule has 0 saturated carbocycles. The number of ether oxygens (including phenoxy) is 1. The van der Waals surface area contributed by atoms with Crippen molar-refractivity contribution in [3.05, 3.63) is 29.3 Å². The van der Waals surface area contributed by atoms with Gasteiger partial charge in [-0.1, -0.05) is 22.0 Å². The number of ketones is 1. The van der Waals surface area contributed by atoms with E-state index in [1.807, 2.05) is 0 Å². The van der Waals surface area contributed by atoms with E-state index in [0.29, 0.717) is 10.9 Å². The zero-order valence-corrected chi connectivity index (χ0v) is 11.6. The third kappa shape index (κ3) is 4.17. The van der Waals surface area contributed by atoms with Gasteiger partial charge in [-0.15, -0.1) is 24.8 Å². The maximum atomic E-state index is 12.2. The summed E-state index contributed by atoms with van der Waals surface area (Å²) in [6.07, 6.45) is -4.85. The quantitative estimate of drug-likeness (QED) is 0.601. The summed E-state index contributed by atoms with van der Waals surface area (Å²) >= 11 is 8.70. The van der Waals surface area contributed by atoms with Gasteiger partial charge in [0.1, 0.15) is 5.75 Å². The SMILES string of the molecule is CC(Cl)C(=O)c1ccc(CBr)cc1OC(F)(F)F. The molecular weight excluding hydrogens is 336 g/mol. The van der Waals surface area contributed by atoms with E-state index in [1.54, 1.807) is 0 Å². The average molecular weight is 346 g/mol. The topological polar surface area (TPSA) is 26.3 Å². The van der Waals surface area contributed by atoms with E-state index in [1.165, 1.54) is 19.1 Å². The number of halogens is 5. The highest BCUT2D eigenvalue weighted by atomic mass is 79.9. The van der Waals surface area contributed by atoms with Gasteiger partial charge in [0.2, 0.25) is 0 Å². The second-order valence-electron chi connectivity index (χ2n) is 3.49. The van der Waals surface area contributed by atoms with Crippen LogP contribution in [0.4, 0.5) is 13.2 Å². The molecule has 0 aliphatic rings. The second-order valence-corrected chi connectivity index (χ2v) is 4.71. The molecule has 1 atom stereocenters. The minimum Gasteiger partial charge on any atom is -0.405 e. The van der Waals surface area contributed by atoms with Gasteiger partial charge in [-0.3, -0.25) is 4.79 Å². The highest BCUT2D eigenvalue weighted by Gasteiger charge is 2.33. The van der Waals surface area contributed by atoms with Crippen LogP contribution in [0, 0.1) is 0 Å². The van der Waals surface area contributed by atoms with Gasteiger partial charge in [0, 0.05) is 5.33 Å². The molecule has 0 saturated heterocycles. The minimum atomic E-state index is -4.85. The van der Waals surface area contributed by atoms with Crippen molar-refractivity contribution in [2.75, 3.05) is 0 Å². The Morgan fingerprint density at radius 1 is 1.50 bits per heavy atom. The number of rotatable bonds is 4. The number of carbonyl (C=O) groups excluding carboxylic acids is 1. The number of hydrogen-bond donors (Lipinski definition) is 0. The van der Waals surface area contributed by atoms with E-state index >= 15 is 0 Å². The highest BCUT2D eigenvalue weighted by molar-refractivity contribution is 9.08. The lowest BCUT2D eigenvalue weighted by molar-refractivity contribution is -0.274. The van der Waals surface area contributed by atoms with Gasteiger partial charge in [0.25, 0.3) is 0 Å². The van der Waals surface area contributed by atoms with Crippen LogP contribution < -0.4 is 4.74 Å². The van der Waals surface area contributed by atoms with E-state index in [9.17, 15) is 18.0 Å². The number of carbonyl (C=O) groups is 1. The lowest BCUT2D eigenvalue weighted by Crippen LogP contribution is -2.20. The molecule has 0 spiro atoms. The fraction of sp³-hybridized carbons (Fsp3) is 0.364. The molecule has 1 unspecified atom stereocenters. The Hall–Kier alpha value is -0.750. The van der Waals surface area contributed by atoms with Gasteiger partial charge < -0.3 is 4.74 Å². The molecule has 100 valence electrons. The van der Waals surface area contributed by atoms with Crippen molar-refractivity contribution in [1.29, 1.82) is 0 Å². The van der Waals surface area contributed by atoms with E-state index in [0.717, 1.165) is 6.07 Å². The normalized spacial score (nSPS) is 13.2. The van der Waals surface area contributed by atoms with Crippen molar-refractivity contribution in [2.45, 2.75) is 24.0 Å². The summed E-state index contributed by atoms with van der Waals surface area (Å²) < 4.78 is 40.6. The first-order valence-electron chi connectivity index (χ1n) is 4.87. The zero-order chi connectivity index (χ0) is 13.9. The number of hydrogen-bond acceptors (Lipinski definition) is 2. The predicted molar refractivity (Wildman–Crippen MR) is 65.4 cm³/mol. The van der Waals surface area contributed by atoms with Crippen LogP contribution in [0.15, 0.2) is 18.2 Å². The van der Waals surface area contributed by atoms with Crippen molar-refractivity contribution in [1.82, 2.24) is 0 Å². The van der Waals surface area contributed by atoms with Crippen molar-refractivity contribution in [3.8, 4) is 5.75 Å². The maximum Gasteiger partial charge on any atom is 0.573 e. The van der Waals surface area contributed by atoms with Crippen molar-refractivity contribution in [3.63, 3.8) is 0 Å². The summed E-state index contributed by atoms with van der Waals surface area (Å²) in [6.45, 7) is 1.39. The molecule has 1 aromatic carbocycles. The van der Waals surface area contributed by atoms with Crippen LogP contribution in [-0.4, -0.2) is 17.5 Å². The maximum absolute atomic E-state index is 12.2. The van der Waals surface area contributed by atoms with Gasteiger partial charge in [-0.05, 0) is 24.6 Å². The first-order valence-corrected chi connectivity index (χ1v) is 6.43. The Morgan fingerprint density at radius 3 is 2.56 bits per heavy atom. The fourth-order valence-electron chi connectivity index (χ4n) is 1.28. The van der Waals surface area contributed by atoms with E-state index in [-0.39, 0.29) is 5.56 Å². The van der Waals surface area contributed by atoms with Crippen LogP contribution in [0.2, 0.25) is 0 Å². The molecule has 0 aliphatic heterocycles. The van der Waals surface area contributed by atoms with Crippen LogP contribution in [0.1, 0.15) is 22.8 Å². The van der Waals surface area contributed by atoms with Crippen molar-refractivity contribution >= 4 is 33.3 Å². The van der Waals surface area contributed by atoms with Gasteiger partial charge in [0.05, 0.1) is 10.9 Å². The zero-order valence-electron chi connectivity index (χ0n) is 9.22. The molecule has 7 heteroatoms. The van der Waals surface area contributed by atoms with E-state index in [4.69, 9.17) is 11.6 Å². The summed E-state index contributed by atoms with van der Waals surface area (Å²) in [6, 6.07) is 3.97. The molecule has 0 aromatic heterocycles. The van der Waals surface area contributed by atoms with E-state index < -0.39 is 23.3 Å². The number of alkyl halides is 5. The Balaban J connectivity index is 3.20. The van der Waals surface area contributed by atoms with Crippen LogP contribution in [0.25, 0.3) is 0 Å². The first kappa shape index (κ1) is 15.3. The second kappa shape index (κ2) is 5.93.